The maximum Gasteiger partial charge on any atom is 0.275 e. The van der Waals surface area contributed by atoms with E-state index in [1.807, 2.05) is 0 Å². The molecule has 0 spiro atoms. The van der Waals surface area contributed by atoms with E-state index < -0.39 is 10.0 Å². The maximum absolute atomic E-state index is 12.6. The van der Waals surface area contributed by atoms with E-state index >= 15 is 0 Å². The third-order valence-electron chi connectivity index (χ3n) is 4.34. The number of carbonyl (C=O) groups excluding carboxylic acids is 1. The van der Waals surface area contributed by atoms with Gasteiger partial charge in [0.25, 0.3) is 5.91 Å². The second-order valence-corrected chi connectivity index (χ2v) is 9.19. The van der Waals surface area contributed by atoms with E-state index in [2.05, 4.69) is 19.2 Å². The van der Waals surface area contributed by atoms with Crippen LogP contribution in [0.3, 0.4) is 0 Å². The van der Waals surface area contributed by atoms with Gasteiger partial charge in [-0.1, -0.05) is 25.4 Å². The number of halogens is 1. The molecule has 8 heteroatoms. The first kappa shape index (κ1) is 20.2. The SMILES string of the molecule is CC(C)CCNC(=O)C[NH+]1CCN(S(=O)(=O)c2ccc(Cl)cc2)CC1. The summed E-state index contributed by atoms with van der Waals surface area (Å²) in [4.78, 5) is 13.3. The number of sulfonamides is 1. The molecule has 0 bridgehead atoms. The van der Waals surface area contributed by atoms with Crippen molar-refractivity contribution >= 4 is 27.5 Å². The van der Waals surface area contributed by atoms with E-state index in [-0.39, 0.29) is 10.8 Å². The van der Waals surface area contributed by atoms with Crippen LogP contribution in [0.15, 0.2) is 29.2 Å². The largest absolute Gasteiger partial charge is 0.351 e. The first-order valence-corrected chi connectivity index (χ1v) is 10.5. The van der Waals surface area contributed by atoms with Crippen molar-refractivity contribution in [2.45, 2.75) is 25.2 Å². The van der Waals surface area contributed by atoms with E-state index in [1.54, 1.807) is 12.1 Å². The first-order valence-electron chi connectivity index (χ1n) is 8.65. The number of piperazine rings is 1. The fraction of sp³-hybridized carbons (Fsp3) is 0.588. The van der Waals surface area contributed by atoms with Gasteiger partial charge in [-0.3, -0.25) is 4.79 Å². The molecule has 140 valence electrons. The van der Waals surface area contributed by atoms with Crippen LogP contribution in [-0.4, -0.2) is 57.9 Å². The molecule has 0 saturated carbocycles. The van der Waals surface area contributed by atoms with Crippen LogP contribution in [0.4, 0.5) is 0 Å². The van der Waals surface area contributed by atoms with Crippen molar-refractivity contribution in [1.82, 2.24) is 9.62 Å². The molecular formula is C17H27ClN3O3S+. The van der Waals surface area contributed by atoms with Gasteiger partial charge in [0, 0.05) is 11.6 Å². The monoisotopic (exact) mass is 388 g/mol. The molecule has 0 atom stereocenters. The molecule has 1 fully saturated rings. The minimum absolute atomic E-state index is 0.0321. The number of nitrogens with zero attached hydrogens (tertiary/aromatic N) is 1. The van der Waals surface area contributed by atoms with Crippen LogP contribution in [0, 0.1) is 5.92 Å². The highest BCUT2D eigenvalue weighted by atomic mass is 35.5. The smallest absolute Gasteiger partial charge is 0.275 e. The van der Waals surface area contributed by atoms with Crippen LogP contribution < -0.4 is 10.2 Å². The van der Waals surface area contributed by atoms with Gasteiger partial charge < -0.3 is 10.2 Å². The lowest BCUT2D eigenvalue weighted by Crippen LogP contribution is -3.15. The topological polar surface area (TPSA) is 70.9 Å². The average Bonchev–Trinajstić information content (AvgIpc) is 2.55. The van der Waals surface area contributed by atoms with Gasteiger partial charge in [-0.2, -0.15) is 4.31 Å². The van der Waals surface area contributed by atoms with E-state index in [0.717, 1.165) is 11.3 Å². The number of amides is 1. The molecule has 2 rings (SSSR count). The summed E-state index contributed by atoms with van der Waals surface area (Å²) < 4.78 is 26.7. The number of benzene rings is 1. The molecule has 1 aliphatic rings. The highest BCUT2D eigenvalue weighted by Crippen LogP contribution is 2.18. The number of carbonyl (C=O) groups is 1. The lowest BCUT2D eigenvalue weighted by atomic mass is 10.1. The Morgan fingerprint density at radius 2 is 1.84 bits per heavy atom. The Morgan fingerprint density at radius 1 is 1.24 bits per heavy atom. The summed E-state index contributed by atoms with van der Waals surface area (Å²) in [6.45, 7) is 7.43. The molecule has 1 aromatic rings. The molecule has 1 saturated heterocycles. The molecule has 6 nitrogen and oxygen atoms in total. The highest BCUT2D eigenvalue weighted by molar-refractivity contribution is 7.89. The number of rotatable bonds is 7. The Labute approximate surface area is 155 Å². The zero-order valence-corrected chi connectivity index (χ0v) is 16.4. The summed E-state index contributed by atoms with van der Waals surface area (Å²) in [7, 11) is -3.49. The van der Waals surface area contributed by atoms with Crippen LogP contribution in [0.2, 0.25) is 5.02 Å². The molecule has 0 unspecified atom stereocenters. The fourth-order valence-corrected chi connectivity index (χ4v) is 4.33. The molecule has 0 aliphatic carbocycles. The normalized spacial score (nSPS) is 17.0. The van der Waals surface area contributed by atoms with Crippen LogP contribution in [0.25, 0.3) is 0 Å². The van der Waals surface area contributed by atoms with Gasteiger partial charge in [0.15, 0.2) is 6.54 Å². The Balaban J connectivity index is 1.82. The van der Waals surface area contributed by atoms with Gasteiger partial charge >= 0.3 is 0 Å². The van der Waals surface area contributed by atoms with Crippen LogP contribution in [0.1, 0.15) is 20.3 Å². The predicted molar refractivity (Wildman–Crippen MR) is 98.2 cm³/mol. The highest BCUT2D eigenvalue weighted by Gasteiger charge is 2.31. The van der Waals surface area contributed by atoms with Crippen molar-refractivity contribution in [1.29, 1.82) is 0 Å². The number of nitrogens with one attached hydrogen (secondary N) is 2. The lowest BCUT2D eigenvalue weighted by Gasteiger charge is -2.31. The summed E-state index contributed by atoms with van der Waals surface area (Å²) in [6.07, 6.45) is 0.966. The van der Waals surface area contributed by atoms with Gasteiger partial charge in [0.1, 0.15) is 0 Å². The number of quaternary nitrogens is 1. The molecule has 25 heavy (non-hydrogen) atoms. The standard InChI is InChI=1S/C17H26ClN3O3S/c1-14(2)7-8-19-17(22)13-20-9-11-21(12-10-20)25(23,24)16-5-3-15(18)4-6-16/h3-6,14H,7-13H2,1-2H3,(H,19,22)/p+1. The molecule has 1 heterocycles. The van der Waals surface area contributed by atoms with E-state index in [4.69, 9.17) is 11.6 Å². The van der Waals surface area contributed by atoms with Crippen molar-refractivity contribution in [2.75, 3.05) is 39.3 Å². The van der Waals surface area contributed by atoms with E-state index in [9.17, 15) is 13.2 Å². The second-order valence-electron chi connectivity index (χ2n) is 6.82. The lowest BCUT2D eigenvalue weighted by molar-refractivity contribution is -0.895. The van der Waals surface area contributed by atoms with Crippen LogP contribution in [0.5, 0.6) is 0 Å². The predicted octanol–water partition coefficient (Wildman–Crippen LogP) is 0.392. The van der Waals surface area contributed by atoms with E-state index in [1.165, 1.54) is 16.4 Å². The Bertz CT molecular complexity index is 669. The van der Waals surface area contributed by atoms with Gasteiger partial charge in [-0.05, 0) is 36.6 Å². The minimum atomic E-state index is -3.49. The van der Waals surface area contributed by atoms with Crippen molar-refractivity contribution < 1.29 is 18.1 Å². The van der Waals surface area contributed by atoms with Crippen molar-refractivity contribution in [2.24, 2.45) is 5.92 Å². The van der Waals surface area contributed by atoms with Crippen LogP contribution >= 0.6 is 11.6 Å². The van der Waals surface area contributed by atoms with E-state index in [0.29, 0.717) is 50.2 Å². The van der Waals surface area contributed by atoms with Crippen LogP contribution in [-0.2, 0) is 14.8 Å². The quantitative estimate of drug-likeness (QED) is 0.710. The Hall–Kier alpha value is -1.15. The Kier molecular flexibility index (Phi) is 7.25. The van der Waals surface area contributed by atoms with Gasteiger partial charge in [-0.25, -0.2) is 8.42 Å². The molecule has 1 aromatic carbocycles. The summed E-state index contributed by atoms with van der Waals surface area (Å²) in [5.41, 5.74) is 0. The summed E-state index contributed by atoms with van der Waals surface area (Å²) >= 11 is 5.82. The molecule has 0 aromatic heterocycles. The summed E-state index contributed by atoms with van der Waals surface area (Å²) in [5, 5.41) is 3.44. The van der Waals surface area contributed by atoms with Gasteiger partial charge in [-0.15, -0.1) is 0 Å². The van der Waals surface area contributed by atoms with Crippen molar-refractivity contribution in [3.05, 3.63) is 29.3 Å². The second kappa shape index (κ2) is 8.98. The fourth-order valence-electron chi connectivity index (χ4n) is 2.77. The van der Waals surface area contributed by atoms with Crippen molar-refractivity contribution in [3.8, 4) is 0 Å². The number of hydrogen-bond acceptors (Lipinski definition) is 3. The zero-order valence-electron chi connectivity index (χ0n) is 14.8. The van der Waals surface area contributed by atoms with Gasteiger partial charge in [0.2, 0.25) is 10.0 Å². The molecule has 0 radical (unpaired) electrons. The average molecular weight is 389 g/mol. The molecule has 1 aliphatic heterocycles. The zero-order chi connectivity index (χ0) is 18.4. The molecule has 2 N–H and O–H groups in total. The third kappa shape index (κ3) is 5.95. The molecule has 1 amide bonds. The minimum Gasteiger partial charge on any atom is -0.351 e. The number of hydrogen-bond donors (Lipinski definition) is 2. The summed E-state index contributed by atoms with van der Waals surface area (Å²) in [6, 6.07) is 6.22. The summed E-state index contributed by atoms with van der Waals surface area (Å²) in [5.74, 6) is 0.596. The molecular weight excluding hydrogens is 362 g/mol. The third-order valence-corrected chi connectivity index (χ3v) is 6.50. The maximum atomic E-state index is 12.6. The van der Waals surface area contributed by atoms with Gasteiger partial charge in [0.05, 0.1) is 31.1 Å². The van der Waals surface area contributed by atoms with Crippen molar-refractivity contribution in [3.63, 3.8) is 0 Å². The Morgan fingerprint density at radius 3 is 2.40 bits per heavy atom. The first-order chi connectivity index (χ1) is 11.8.